The molecule has 96 valence electrons. The number of thiophene rings is 1. The maximum Gasteiger partial charge on any atom is 0.171 e. The number of rotatable bonds is 1. The number of halogens is 1. The van der Waals surface area contributed by atoms with Gasteiger partial charge in [0, 0.05) is 15.5 Å². The Labute approximate surface area is 122 Å². The molecule has 1 aliphatic carbocycles. The van der Waals surface area contributed by atoms with E-state index in [1.54, 1.807) is 11.3 Å². The van der Waals surface area contributed by atoms with Crippen molar-refractivity contribution < 1.29 is 0 Å². The summed E-state index contributed by atoms with van der Waals surface area (Å²) in [7, 11) is 0. The lowest BCUT2D eigenvalue weighted by molar-refractivity contribution is 0.914. The molecule has 0 saturated carbocycles. The van der Waals surface area contributed by atoms with Crippen molar-refractivity contribution in [1.82, 2.24) is 14.6 Å². The maximum atomic E-state index is 6.20. The van der Waals surface area contributed by atoms with Crippen molar-refractivity contribution in [1.29, 1.82) is 0 Å². The van der Waals surface area contributed by atoms with E-state index < -0.39 is 0 Å². The summed E-state index contributed by atoms with van der Waals surface area (Å²) in [6.45, 7) is 0. The van der Waals surface area contributed by atoms with Crippen molar-refractivity contribution >= 4 is 37.9 Å². The van der Waals surface area contributed by atoms with Crippen molar-refractivity contribution in [2.45, 2.75) is 19.3 Å². The summed E-state index contributed by atoms with van der Waals surface area (Å²) < 4.78 is 3.01. The Balaban J connectivity index is 2.03. The molecule has 3 heterocycles. The number of anilines is 1. The van der Waals surface area contributed by atoms with E-state index in [4.69, 9.17) is 5.73 Å². The van der Waals surface area contributed by atoms with Gasteiger partial charge < -0.3 is 5.73 Å². The number of aryl methyl sites for hydroxylation is 1. The topological polar surface area (TPSA) is 56.2 Å². The molecule has 0 radical (unpaired) electrons. The Morgan fingerprint density at radius 3 is 3.05 bits per heavy atom. The highest BCUT2D eigenvalue weighted by Gasteiger charge is 2.24. The standard InChI is InChI=1S/C13H11BrN4S/c14-7-4-5-10-16-17-13(18(10)6-7)11-8-2-1-3-9(8)19-12(11)15/h4-6H,1-3,15H2. The number of nitrogen functional groups attached to an aromatic ring is 1. The first-order valence-electron chi connectivity index (χ1n) is 6.14. The third-order valence-electron chi connectivity index (χ3n) is 3.54. The Morgan fingerprint density at radius 2 is 2.16 bits per heavy atom. The molecule has 0 amide bonds. The Hall–Kier alpha value is -1.40. The molecule has 4 nitrogen and oxygen atoms in total. The number of fused-ring (bicyclic) bond motifs is 2. The van der Waals surface area contributed by atoms with Crippen molar-refractivity contribution in [3.05, 3.63) is 33.2 Å². The van der Waals surface area contributed by atoms with Crippen molar-refractivity contribution in [2.24, 2.45) is 0 Å². The second-order valence-corrected chi connectivity index (χ2v) is 6.75. The molecule has 0 atom stereocenters. The first-order valence-corrected chi connectivity index (χ1v) is 7.75. The Bertz CT molecular complexity index is 789. The molecule has 3 aromatic heterocycles. The summed E-state index contributed by atoms with van der Waals surface area (Å²) in [6, 6.07) is 3.92. The third kappa shape index (κ3) is 1.63. The van der Waals surface area contributed by atoms with Gasteiger partial charge in [0.25, 0.3) is 0 Å². The molecular weight excluding hydrogens is 324 g/mol. The van der Waals surface area contributed by atoms with Crippen LogP contribution in [-0.2, 0) is 12.8 Å². The Kier molecular flexibility index (Phi) is 2.43. The van der Waals surface area contributed by atoms with Gasteiger partial charge in [0.1, 0.15) is 0 Å². The van der Waals surface area contributed by atoms with Crippen molar-refractivity contribution in [3.8, 4) is 11.4 Å². The van der Waals surface area contributed by atoms with Gasteiger partial charge in [-0.2, -0.15) is 0 Å². The molecule has 3 aromatic rings. The predicted octanol–water partition coefficient (Wildman–Crippen LogP) is 3.29. The normalized spacial score (nSPS) is 14.2. The number of hydrogen-bond donors (Lipinski definition) is 1. The molecule has 0 spiro atoms. The Morgan fingerprint density at radius 1 is 1.26 bits per heavy atom. The largest absolute Gasteiger partial charge is 0.390 e. The average molecular weight is 335 g/mol. The number of pyridine rings is 1. The summed E-state index contributed by atoms with van der Waals surface area (Å²) in [5.41, 5.74) is 9.50. The molecule has 4 rings (SSSR count). The molecule has 0 saturated heterocycles. The summed E-state index contributed by atoms with van der Waals surface area (Å²) in [4.78, 5) is 1.42. The number of hydrogen-bond acceptors (Lipinski definition) is 4. The molecule has 1 aliphatic rings. The maximum absolute atomic E-state index is 6.20. The predicted molar refractivity (Wildman–Crippen MR) is 80.4 cm³/mol. The second-order valence-electron chi connectivity index (χ2n) is 4.70. The van der Waals surface area contributed by atoms with E-state index in [0.717, 1.165) is 39.4 Å². The van der Waals surface area contributed by atoms with Gasteiger partial charge in [-0.1, -0.05) is 0 Å². The molecule has 0 fully saturated rings. The minimum Gasteiger partial charge on any atom is -0.390 e. The van der Waals surface area contributed by atoms with Crippen LogP contribution in [-0.4, -0.2) is 14.6 Å². The van der Waals surface area contributed by atoms with E-state index in [2.05, 4.69) is 26.1 Å². The number of nitrogens with zero attached hydrogens (tertiary/aromatic N) is 3. The zero-order valence-electron chi connectivity index (χ0n) is 10.1. The molecule has 6 heteroatoms. The van der Waals surface area contributed by atoms with Gasteiger partial charge in [0.15, 0.2) is 11.5 Å². The van der Waals surface area contributed by atoms with Gasteiger partial charge in [-0.05, 0) is 52.9 Å². The van der Waals surface area contributed by atoms with Crippen LogP contribution in [0.4, 0.5) is 5.00 Å². The minimum atomic E-state index is 0.843. The van der Waals surface area contributed by atoms with E-state index in [0.29, 0.717) is 0 Å². The monoisotopic (exact) mass is 334 g/mol. The quantitative estimate of drug-likeness (QED) is 0.742. The van der Waals surface area contributed by atoms with Crippen LogP contribution in [0.1, 0.15) is 16.9 Å². The third-order valence-corrected chi connectivity index (χ3v) is 5.13. The van der Waals surface area contributed by atoms with E-state index in [-0.39, 0.29) is 0 Å². The molecule has 0 aromatic carbocycles. The van der Waals surface area contributed by atoms with Crippen molar-refractivity contribution in [3.63, 3.8) is 0 Å². The lowest BCUT2D eigenvalue weighted by Crippen LogP contribution is -1.94. The summed E-state index contributed by atoms with van der Waals surface area (Å²) in [5.74, 6) is 0.855. The molecular formula is C13H11BrN4S. The van der Waals surface area contributed by atoms with Crippen LogP contribution in [0.3, 0.4) is 0 Å². The highest BCUT2D eigenvalue weighted by molar-refractivity contribution is 9.10. The summed E-state index contributed by atoms with van der Waals surface area (Å²) in [5, 5.41) is 9.42. The lowest BCUT2D eigenvalue weighted by atomic mass is 10.1. The lowest BCUT2D eigenvalue weighted by Gasteiger charge is -2.02. The van der Waals surface area contributed by atoms with Crippen LogP contribution >= 0.6 is 27.3 Å². The summed E-state index contributed by atoms with van der Waals surface area (Å²) in [6.07, 6.45) is 5.45. The first kappa shape index (κ1) is 11.4. The highest BCUT2D eigenvalue weighted by Crippen LogP contribution is 2.42. The van der Waals surface area contributed by atoms with Gasteiger partial charge in [0.05, 0.1) is 10.6 Å². The van der Waals surface area contributed by atoms with Gasteiger partial charge in [-0.25, -0.2) is 0 Å². The van der Waals surface area contributed by atoms with E-state index >= 15 is 0 Å². The van der Waals surface area contributed by atoms with E-state index in [1.165, 1.54) is 16.9 Å². The van der Waals surface area contributed by atoms with Crippen molar-refractivity contribution in [2.75, 3.05) is 5.73 Å². The van der Waals surface area contributed by atoms with Crippen LogP contribution in [0.15, 0.2) is 22.8 Å². The van der Waals surface area contributed by atoms with Crippen LogP contribution in [0, 0.1) is 0 Å². The van der Waals surface area contributed by atoms with Gasteiger partial charge in [-0.15, -0.1) is 21.5 Å². The van der Waals surface area contributed by atoms with Crippen LogP contribution in [0.5, 0.6) is 0 Å². The molecule has 0 unspecified atom stereocenters. The number of nitrogens with two attached hydrogens (primary N) is 1. The number of aromatic nitrogens is 3. The first-order chi connectivity index (χ1) is 9.24. The van der Waals surface area contributed by atoms with Gasteiger partial charge in [0.2, 0.25) is 0 Å². The zero-order chi connectivity index (χ0) is 13.0. The second kappa shape index (κ2) is 4.05. The fraction of sp³-hybridized carbons (Fsp3) is 0.231. The van der Waals surface area contributed by atoms with E-state index in [1.807, 2.05) is 22.7 Å². The molecule has 19 heavy (non-hydrogen) atoms. The SMILES string of the molecule is Nc1sc2c(c1-c1nnc3ccc(Br)cn13)CCC2. The average Bonchev–Trinajstić information content (AvgIpc) is 3.03. The molecule has 0 bridgehead atoms. The molecule has 2 N–H and O–H groups in total. The summed E-state index contributed by atoms with van der Waals surface area (Å²) >= 11 is 5.19. The van der Waals surface area contributed by atoms with Gasteiger partial charge in [-0.3, -0.25) is 4.40 Å². The zero-order valence-corrected chi connectivity index (χ0v) is 12.5. The fourth-order valence-electron chi connectivity index (χ4n) is 2.71. The fourth-order valence-corrected chi connectivity index (χ4v) is 4.20. The highest BCUT2D eigenvalue weighted by atomic mass is 79.9. The minimum absolute atomic E-state index is 0.843. The van der Waals surface area contributed by atoms with Crippen LogP contribution in [0.2, 0.25) is 0 Å². The smallest absolute Gasteiger partial charge is 0.171 e. The van der Waals surface area contributed by atoms with Crippen LogP contribution in [0.25, 0.3) is 17.0 Å². The molecule has 0 aliphatic heterocycles. The van der Waals surface area contributed by atoms with E-state index in [9.17, 15) is 0 Å². The van der Waals surface area contributed by atoms with Gasteiger partial charge >= 0.3 is 0 Å². The van der Waals surface area contributed by atoms with Crippen LogP contribution < -0.4 is 5.73 Å².